The molecule has 10 heteroatoms. The van der Waals surface area contributed by atoms with E-state index in [9.17, 15) is 9.59 Å². The van der Waals surface area contributed by atoms with E-state index in [4.69, 9.17) is 27.0 Å². The second kappa shape index (κ2) is 11.3. The Morgan fingerprint density at radius 2 is 1.85 bits per heavy atom. The van der Waals surface area contributed by atoms with Crippen LogP contribution in [0.1, 0.15) is 30.6 Å². The van der Waals surface area contributed by atoms with Crippen molar-refractivity contribution in [3.63, 3.8) is 0 Å². The van der Waals surface area contributed by atoms with E-state index in [0.717, 1.165) is 10.8 Å². The first-order chi connectivity index (χ1) is 15.3. The van der Waals surface area contributed by atoms with Crippen LogP contribution in [0, 0.1) is 0 Å². The Morgan fingerprint density at radius 1 is 1.12 bits per heavy atom. The Balaban J connectivity index is 0.00000385. The van der Waals surface area contributed by atoms with Crippen LogP contribution >= 0.6 is 0 Å². The monoisotopic (exact) mass is 452 g/mol. The summed E-state index contributed by atoms with van der Waals surface area (Å²) in [6.45, 7) is 0.0801. The highest BCUT2D eigenvalue weighted by atomic mass is 16.5. The summed E-state index contributed by atoms with van der Waals surface area (Å²) in [6.07, 6.45) is 1.70. The molecule has 0 fully saturated rings. The van der Waals surface area contributed by atoms with Gasteiger partial charge in [0, 0.05) is 23.6 Å². The zero-order valence-corrected chi connectivity index (χ0v) is 17.2. The fourth-order valence-electron chi connectivity index (χ4n) is 3.06. The van der Waals surface area contributed by atoms with Crippen molar-refractivity contribution in [1.82, 2.24) is 10.3 Å². The third-order valence-corrected chi connectivity index (χ3v) is 4.65. The molecule has 0 bridgehead atoms. The van der Waals surface area contributed by atoms with Crippen molar-refractivity contribution in [3.05, 3.63) is 60.3 Å². The van der Waals surface area contributed by atoms with Gasteiger partial charge in [-0.15, -0.1) is 0 Å². The average molecular weight is 453 g/mol. The minimum absolute atomic E-state index is 0. The van der Waals surface area contributed by atoms with Crippen molar-refractivity contribution in [1.29, 1.82) is 0 Å². The number of rotatable bonds is 9. The molecule has 8 N–H and O–H groups in total. The van der Waals surface area contributed by atoms with Crippen molar-refractivity contribution in [2.45, 2.75) is 26.3 Å². The van der Waals surface area contributed by atoms with Crippen LogP contribution in [0.3, 0.4) is 0 Å². The van der Waals surface area contributed by atoms with E-state index in [1.807, 2.05) is 12.1 Å². The van der Waals surface area contributed by atoms with E-state index in [1.54, 1.807) is 42.6 Å². The average Bonchev–Trinajstić information content (AvgIpc) is 2.76. The lowest BCUT2D eigenvalue weighted by Crippen LogP contribution is -2.39. The largest absolute Gasteiger partial charge is 0.491 e. The smallest absolute Gasteiger partial charge is 0.303 e. The van der Waals surface area contributed by atoms with E-state index >= 15 is 0 Å². The third-order valence-electron chi connectivity index (χ3n) is 4.65. The fraction of sp³-hybridized carbons (Fsp3) is 0.217. The van der Waals surface area contributed by atoms with Gasteiger partial charge in [-0.1, -0.05) is 13.5 Å². The van der Waals surface area contributed by atoms with Gasteiger partial charge in [-0.3, -0.25) is 9.59 Å². The molecule has 0 aliphatic rings. The Bertz CT molecular complexity index is 1140. The third kappa shape index (κ3) is 7.10. The minimum atomic E-state index is -0.963. The molecular formula is C23H28N6O4. The SMILES string of the molecule is C.NC(N)=Nc1ccc(C(=O)N[C@H](CCC(=O)O)COc2ccc3ccnc(N)c3c2)cc1. The number of hydrogen-bond acceptors (Lipinski definition) is 6. The summed E-state index contributed by atoms with van der Waals surface area (Å²) in [6, 6.07) is 13.1. The van der Waals surface area contributed by atoms with E-state index < -0.39 is 12.0 Å². The zero-order chi connectivity index (χ0) is 23.1. The summed E-state index contributed by atoms with van der Waals surface area (Å²) in [4.78, 5) is 31.6. The fourth-order valence-corrected chi connectivity index (χ4v) is 3.06. The Hall–Kier alpha value is -4.34. The zero-order valence-electron chi connectivity index (χ0n) is 17.2. The summed E-state index contributed by atoms with van der Waals surface area (Å²) in [5, 5.41) is 13.5. The molecule has 0 saturated carbocycles. The molecule has 0 aliphatic carbocycles. The number of nitrogens with zero attached hydrogens (tertiary/aromatic N) is 2. The highest BCUT2D eigenvalue weighted by Crippen LogP contribution is 2.24. The summed E-state index contributed by atoms with van der Waals surface area (Å²) in [5.41, 5.74) is 17.5. The first-order valence-corrected chi connectivity index (χ1v) is 9.81. The number of guanidine groups is 1. The van der Waals surface area contributed by atoms with Gasteiger partial charge >= 0.3 is 5.97 Å². The number of amides is 1. The van der Waals surface area contributed by atoms with Crippen LogP contribution in [0.25, 0.3) is 10.8 Å². The maximum atomic E-state index is 12.6. The summed E-state index contributed by atoms with van der Waals surface area (Å²) in [7, 11) is 0. The minimum Gasteiger partial charge on any atom is -0.491 e. The van der Waals surface area contributed by atoms with E-state index in [1.165, 1.54) is 0 Å². The topological polar surface area (TPSA) is 179 Å². The lowest BCUT2D eigenvalue weighted by Gasteiger charge is -2.19. The number of benzene rings is 2. The van der Waals surface area contributed by atoms with Gasteiger partial charge in [-0.2, -0.15) is 0 Å². The number of ether oxygens (including phenoxy) is 1. The van der Waals surface area contributed by atoms with Crippen LogP contribution < -0.4 is 27.3 Å². The van der Waals surface area contributed by atoms with Crippen LogP contribution in [0.15, 0.2) is 59.7 Å². The van der Waals surface area contributed by atoms with Crippen LogP contribution in [-0.2, 0) is 4.79 Å². The van der Waals surface area contributed by atoms with Gasteiger partial charge in [0.1, 0.15) is 18.2 Å². The highest BCUT2D eigenvalue weighted by molar-refractivity contribution is 5.95. The molecule has 174 valence electrons. The first-order valence-electron chi connectivity index (χ1n) is 9.81. The Labute approximate surface area is 191 Å². The maximum Gasteiger partial charge on any atom is 0.303 e. The Morgan fingerprint density at radius 3 is 2.52 bits per heavy atom. The van der Waals surface area contributed by atoms with Crippen LogP contribution in [0.2, 0.25) is 0 Å². The number of pyridine rings is 1. The van der Waals surface area contributed by atoms with E-state index in [2.05, 4.69) is 15.3 Å². The second-order valence-corrected chi connectivity index (χ2v) is 7.08. The van der Waals surface area contributed by atoms with Crippen molar-refractivity contribution in [3.8, 4) is 5.75 Å². The van der Waals surface area contributed by atoms with Crippen LogP contribution in [0.4, 0.5) is 11.5 Å². The standard InChI is InChI=1S/C22H24N6O4.CH4/c23-20-18-11-17(7-3-13(18)9-10-26-20)32-12-16(6-8-19(29)30)27-21(31)14-1-4-15(5-2-14)28-22(24)25;/h1-5,7,9-11,16H,6,8,12H2,(H2,23,26)(H,27,31)(H,29,30)(H4,24,25,28);1H4/t16-;/m1./s1. The number of carbonyl (C=O) groups is 2. The van der Waals surface area contributed by atoms with Crippen LogP contribution in [0.5, 0.6) is 5.75 Å². The number of carbonyl (C=O) groups excluding carboxylic acids is 1. The quantitative estimate of drug-likeness (QED) is 0.242. The van der Waals surface area contributed by atoms with Gasteiger partial charge in [-0.25, -0.2) is 9.98 Å². The summed E-state index contributed by atoms with van der Waals surface area (Å²) in [5.74, 6) is -0.497. The number of nitrogens with one attached hydrogen (secondary N) is 1. The lowest BCUT2D eigenvalue weighted by atomic mass is 10.1. The number of carboxylic acid groups (broad SMARTS) is 1. The molecule has 10 nitrogen and oxygen atoms in total. The molecule has 3 rings (SSSR count). The number of carboxylic acids is 1. The van der Waals surface area contributed by atoms with E-state index in [-0.39, 0.29) is 38.7 Å². The van der Waals surface area contributed by atoms with Gasteiger partial charge in [0.25, 0.3) is 5.91 Å². The highest BCUT2D eigenvalue weighted by Gasteiger charge is 2.17. The van der Waals surface area contributed by atoms with Gasteiger partial charge in [0.05, 0.1) is 11.7 Å². The summed E-state index contributed by atoms with van der Waals surface area (Å²) >= 11 is 0. The molecule has 3 aromatic rings. The molecule has 0 spiro atoms. The van der Waals surface area contributed by atoms with Crippen molar-refractivity contribution < 1.29 is 19.4 Å². The molecule has 1 atom stereocenters. The van der Waals surface area contributed by atoms with Gasteiger partial charge < -0.3 is 32.4 Å². The molecule has 0 unspecified atom stereocenters. The molecule has 0 radical (unpaired) electrons. The number of nitrogens with two attached hydrogens (primary N) is 3. The van der Waals surface area contributed by atoms with Gasteiger partial charge in [-0.05, 0) is 54.3 Å². The molecule has 0 saturated heterocycles. The van der Waals surface area contributed by atoms with Crippen LogP contribution in [-0.4, -0.2) is 40.6 Å². The number of nitrogen functional groups attached to an aromatic ring is 1. The molecule has 1 amide bonds. The molecular weight excluding hydrogens is 424 g/mol. The number of aliphatic imine (C=N–C) groups is 1. The molecule has 1 aromatic heterocycles. The van der Waals surface area contributed by atoms with E-state index in [0.29, 0.717) is 22.8 Å². The molecule has 33 heavy (non-hydrogen) atoms. The second-order valence-electron chi connectivity index (χ2n) is 7.08. The number of aliphatic carboxylic acids is 1. The maximum absolute atomic E-state index is 12.6. The summed E-state index contributed by atoms with van der Waals surface area (Å²) < 4.78 is 5.83. The lowest BCUT2D eigenvalue weighted by molar-refractivity contribution is -0.137. The predicted octanol–water partition coefficient (Wildman–Crippen LogP) is 2.40. The molecule has 1 heterocycles. The van der Waals surface area contributed by atoms with Crippen molar-refractivity contribution >= 4 is 40.1 Å². The number of aromatic nitrogens is 1. The van der Waals surface area contributed by atoms with Crippen molar-refractivity contribution in [2.75, 3.05) is 12.3 Å². The van der Waals surface area contributed by atoms with Gasteiger partial charge in [0.15, 0.2) is 5.96 Å². The Kier molecular flexibility index (Phi) is 8.56. The molecule has 2 aromatic carbocycles. The van der Waals surface area contributed by atoms with Crippen molar-refractivity contribution in [2.24, 2.45) is 16.5 Å². The number of anilines is 1. The van der Waals surface area contributed by atoms with Gasteiger partial charge in [0.2, 0.25) is 0 Å². The number of fused-ring (bicyclic) bond motifs is 1. The normalized spacial score (nSPS) is 11.2. The molecule has 0 aliphatic heterocycles. The number of hydrogen-bond donors (Lipinski definition) is 5. The first kappa shape index (κ1) is 24.9. The predicted molar refractivity (Wildman–Crippen MR) is 128 cm³/mol.